The molecule has 2 heterocycles. The van der Waals surface area contributed by atoms with Crippen LogP contribution < -0.4 is 11.1 Å². The molecule has 1 fully saturated rings. The van der Waals surface area contributed by atoms with Crippen molar-refractivity contribution in [3.05, 3.63) is 64.7 Å². The van der Waals surface area contributed by atoms with Gasteiger partial charge in [-0.15, -0.1) is 0 Å². The lowest BCUT2D eigenvalue weighted by atomic mass is 9.98. The molecule has 9 heteroatoms. The van der Waals surface area contributed by atoms with Crippen LogP contribution in [0.2, 0.25) is 0 Å². The summed E-state index contributed by atoms with van der Waals surface area (Å²) >= 11 is 0. The van der Waals surface area contributed by atoms with Crippen LogP contribution in [0.3, 0.4) is 0 Å². The van der Waals surface area contributed by atoms with Crippen molar-refractivity contribution in [2.75, 3.05) is 31.5 Å². The van der Waals surface area contributed by atoms with Crippen LogP contribution in [0.25, 0.3) is 5.57 Å². The molecule has 172 valence electrons. The Morgan fingerprint density at radius 3 is 2.45 bits per heavy atom. The van der Waals surface area contributed by atoms with Gasteiger partial charge in [0.15, 0.2) is 0 Å². The van der Waals surface area contributed by atoms with Crippen molar-refractivity contribution in [1.29, 1.82) is 5.26 Å². The largest absolute Gasteiger partial charge is 0.404 e. The molecule has 2 amide bonds. The second kappa shape index (κ2) is 10.2. The van der Waals surface area contributed by atoms with E-state index in [4.69, 9.17) is 11.0 Å². The van der Waals surface area contributed by atoms with E-state index in [-0.39, 0.29) is 34.0 Å². The number of nitrogens with zero attached hydrogens (tertiary/aromatic N) is 4. The molecule has 33 heavy (non-hydrogen) atoms. The lowest BCUT2D eigenvalue weighted by Crippen LogP contribution is -2.50. The zero-order chi connectivity index (χ0) is 24.1. The maximum absolute atomic E-state index is 14.3. The lowest BCUT2D eigenvalue weighted by molar-refractivity contribution is -0.111. The van der Waals surface area contributed by atoms with Gasteiger partial charge in [-0.05, 0) is 50.1 Å². The summed E-state index contributed by atoms with van der Waals surface area (Å²) in [4.78, 5) is 33.8. The van der Waals surface area contributed by atoms with Crippen LogP contribution in [-0.2, 0) is 4.79 Å². The molecule has 0 atom stereocenters. The van der Waals surface area contributed by atoms with Gasteiger partial charge in [-0.2, -0.15) is 5.26 Å². The quantitative estimate of drug-likeness (QED) is 0.677. The smallest absolute Gasteiger partial charge is 0.258 e. The Labute approximate surface area is 192 Å². The molecule has 3 N–H and O–H groups in total. The number of carbonyl (C=O) groups is 2. The molecular weight excluding hydrogens is 423 g/mol. The molecule has 0 radical (unpaired) electrons. The van der Waals surface area contributed by atoms with E-state index in [9.17, 15) is 14.0 Å². The minimum absolute atomic E-state index is 0.0425. The van der Waals surface area contributed by atoms with Gasteiger partial charge < -0.3 is 16.0 Å². The third kappa shape index (κ3) is 5.18. The maximum Gasteiger partial charge on any atom is 0.258 e. The average Bonchev–Trinajstić information content (AvgIpc) is 2.82. The monoisotopic (exact) mass is 450 g/mol. The van der Waals surface area contributed by atoms with Crippen LogP contribution in [-0.4, -0.2) is 58.8 Å². The first-order valence-corrected chi connectivity index (χ1v) is 10.7. The molecule has 0 spiro atoms. The number of rotatable bonds is 5. The van der Waals surface area contributed by atoms with E-state index in [0.29, 0.717) is 24.7 Å². The summed E-state index contributed by atoms with van der Waals surface area (Å²) in [5.74, 6) is -1.15. The first kappa shape index (κ1) is 23.9. The number of benzene rings is 1. The highest BCUT2D eigenvalue weighted by molar-refractivity contribution is 6.25. The van der Waals surface area contributed by atoms with Gasteiger partial charge in [0.25, 0.3) is 11.8 Å². The molecule has 1 aliphatic rings. The Kier molecular flexibility index (Phi) is 7.41. The van der Waals surface area contributed by atoms with Crippen LogP contribution >= 0.6 is 0 Å². The van der Waals surface area contributed by atoms with Crippen LogP contribution in [0, 0.1) is 24.1 Å². The summed E-state index contributed by atoms with van der Waals surface area (Å²) in [7, 11) is 0. The number of nitrogens with two attached hydrogens (primary N) is 1. The molecule has 0 saturated carbocycles. The highest BCUT2D eigenvalue weighted by Gasteiger charge is 2.24. The molecule has 2 aromatic rings. The van der Waals surface area contributed by atoms with Gasteiger partial charge in [-0.3, -0.25) is 14.5 Å². The van der Waals surface area contributed by atoms with Crippen LogP contribution in [0.1, 0.15) is 40.9 Å². The molecule has 8 nitrogen and oxygen atoms in total. The number of pyridine rings is 1. The predicted octanol–water partition coefficient (Wildman–Crippen LogP) is 2.51. The highest BCUT2D eigenvalue weighted by Crippen LogP contribution is 2.24. The topological polar surface area (TPSA) is 115 Å². The molecule has 1 aromatic carbocycles. The minimum Gasteiger partial charge on any atom is -0.404 e. The summed E-state index contributed by atoms with van der Waals surface area (Å²) in [6.07, 6.45) is 2.50. The van der Waals surface area contributed by atoms with Gasteiger partial charge in [0, 0.05) is 44.6 Å². The Balaban J connectivity index is 1.68. The molecule has 0 aliphatic carbocycles. The van der Waals surface area contributed by atoms with Gasteiger partial charge in [-0.25, -0.2) is 9.37 Å². The summed E-state index contributed by atoms with van der Waals surface area (Å²) in [5, 5.41) is 11.6. The normalized spacial score (nSPS) is 14.8. The van der Waals surface area contributed by atoms with Crippen molar-refractivity contribution in [2.45, 2.75) is 26.8 Å². The summed E-state index contributed by atoms with van der Waals surface area (Å²) < 4.78 is 14.3. The molecule has 1 saturated heterocycles. The molecular formula is C24H27FN6O2. The molecule has 0 bridgehead atoms. The number of hydrogen-bond donors (Lipinski definition) is 2. The summed E-state index contributed by atoms with van der Waals surface area (Å²) in [6.45, 7) is 8.71. The van der Waals surface area contributed by atoms with Gasteiger partial charge in [0.2, 0.25) is 0 Å². The molecule has 1 aliphatic heterocycles. The number of piperazine rings is 1. The lowest BCUT2D eigenvalue weighted by Gasteiger charge is -2.36. The van der Waals surface area contributed by atoms with E-state index >= 15 is 0 Å². The van der Waals surface area contributed by atoms with Crippen molar-refractivity contribution >= 4 is 23.2 Å². The van der Waals surface area contributed by atoms with E-state index in [0.717, 1.165) is 19.3 Å². The second-order valence-electron chi connectivity index (χ2n) is 8.10. The summed E-state index contributed by atoms with van der Waals surface area (Å²) in [5.41, 5.74) is 6.43. The molecule has 0 unspecified atom stereocenters. The number of amides is 2. The third-order valence-corrected chi connectivity index (χ3v) is 5.79. The minimum atomic E-state index is -0.697. The fraction of sp³-hybridized carbons (Fsp3) is 0.333. The third-order valence-electron chi connectivity index (χ3n) is 5.79. The van der Waals surface area contributed by atoms with Crippen molar-refractivity contribution in [3.8, 4) is 6.07 Å². The number of hydrogen-bond acceptors (Lipinski definition) is 6. The Morgan fingerprint density at radius 2 is 1.91 bits per heavy atom. The van der Waals surface area contributed by atoms with Crippen molar-refractivity contribution in [1.82, 2.24) is 14.8 Å². The Bertz CT molecular complexity index is 1110. The Morgan fingerprint density at radius 1 is 1.21 bits per heavy atom. The van der Waals surface area contributed by atoms with Gasteiger partial charge in [0.05, 0.1) is 16.7 Å². The zero-order valence-corrected chi connectivity index (χ0v) is 18.9. The highest BCUT2D eigenvalue weighted by atomic mass is 19.1. The van der Waals surface area contributed by atoms with Crippen molar-refractivity contribution in [2.24, 2.45) is 5.73 Å². The number of nitrogens with one attached hydrogen (secondary N) is 1. The fourth-order valence-corrected chi connectivity index (χ4v) is 3.75. The first-order valence-electron chi connectivity index (χ1n) is 10.7. The average molecular weight is 451 g/mol. The Hall–Kier alpha value is -3.77. The number of halogens is 1. The summed E-state index contributed by atoms with van der Waals surface area (Å²) in [6, 6.07) is 8.13. The zero-order valence-electron chi connectivity index (χ0n) is 18.9. The van der Waals surface area contributed by atoms with E-state index in [1.165, 1.54) is 31.3 Å². The van der Waals surface area contributed by atoms with Gasteiger partial charge in [0.1, 0.15) is 17.7 Å². The number of anilines is 1. The fourth-order valence-electron chi connectivity index (χ4n) is 3.75. The van der Waals surface area contributed by atoms with E-state index in [1.807, 2.05) is 0 Å². The molecule has 3 rings (SSSR count). The van der Waals surface area contributed by atoms with E-state index < -0.39 is 11.7 Å². The number of nitriles is 1. The SMILES string of the molecule is Cc1c(C(=CN)C(=O)Nc2ccc(C(=O)N3CCN(C(C)C)CC3)cn2)ccc(C#N)c1F. The number of aromatic nitrogens is 1. The van der Waals surface area contributed by atoms with E-state index in [1.54, 1.807) is 17.0 Å². The van der Waals surface area contributed by atoms with Crippen molar-refractivity contribution in [3.63, 3.8) is 0 Å². The first-order chi connectivity index (χ1) is 15.8. The van der Waals surface area contributed by atoms with Gasteiger partial charge in [-0.1, -0.05) is 6.07 Å². The van der Waals surface area contributed by atoms with Gasteiger partial charge >= 0.3 is 0 Å². The van der Waals surface area contributed by atoms with Crippen molar-refractivity contribution < 1.29 is 14.0 Å². The predicted molar refractivity (Wildman–Crippen MR) is 123 cm³/mol. The second-order valence-corrected chi connectivity index (χ2v) is 8.10. The van der Waals surface area contributed by atoms with Crippen LogP contribution in [0.15, 0.2) is 36.7 Å². The number of carbonyl (C=O) groups excluding carboxylic acids is 2. The van der Waals surface area contributed by atoms with E-state index in [2.05, 4.69) is 29.0 Å². The molecule has 1 aromatic heterocycles. The maximum atomic E-state index is 14.3. The van der Waals surface area contributed by atoms with Crippen LogP contribution in [0.5, 0.6) is 0 Å². The van der Waals surface area contributed by atoms with Crippen LogP contribution in [0.4, 0.5) is 10.2 Å². The standard InChI is InChI=1S/C24H27FN6O2/c1-15(2)30-8-10-31(11-9-30)24(33)18-5-7-21(28-14-18)29-23(32)20(13-27)19-6-4-17(12-26)22(25)16(19)3/h4-7,13-15H,8-11,27H2,1-3H3,(H,28,29,32).